The van der Waals surface area contributed by atoms with E-state index in [4.69, 9.17) is 26.1 Å². The van der Waals surface area contributed by atoms with E-state index in [9.17, 15) is 9.90 Å². The number of aryl methyl sites for hydroxylation is 1. The Hall–Kier alpha value is -3.08. The molecular weight excluding hydrogens is 650 g/mol. The monoisotopic (exact) mass is 693 g/mol. The lowest BCUT2D eigenvalue weighted by Gasteiger charge is -2.41. The number of hydrogen-bond acceptors (Lipinski definition) is 6. The summed E-state index contributed by atoms with van der Waals surface area (Å²) in [5.74, 6) is -0.531. The highest BCUT2D eigenvalue weighted by Gasteiger charge is 2.34. The Morgan fingerprint density at radius 2 is 1.73 bits per heavy atom. The Labute approximate surface area is 300 Å². The Morgan fingerprint density at radius 1 is 1.06 bits per heavy atom. The zero-order chi connectivity index (χ0) is 34.8. The molecule has 49 heavy (non-hydrogen) atoms. The minimum absolute atomic E-state index is 0.0604. The van der Waals surface area contributed by atoms with Crippen molar-refractivity contribution < 1.29 is 19.4 Å². The molecule has 5 aromatic rings. The molecule has 1 atom stereocenters. The van der Waals surface area contributed by atoms with E-state index in [-0.39, 0.29) is 5.24 Å². The minimum atomic E-state index is -1.15. The van der Waals surface area contributed by atoms with Crippen LogP contribution in [0.1, 0.15) is 62.3 Å². The van der Waals surface area contributed by atoms with Gasteiger partial charge in [-0.15, -0.1) is 11.3 Å². The first kappa shape index (κ1) is 34.4. The van der Waals surface area contributed by atoms with Crippen LogP contribution < -0.4 is 0 Å². The molecule has 2 aliphatic heterocycles. The van der Waals surface area contributed by atoms with Crippen LogP contribution >= 0.6 is 22.9 Å². The van der Waals surface area contributed by atoms with Gasteiger partial charge >= 0.3 is 5.97 Å². The smallest absolute Gasteiger partial charge is 0.337 e. The summed E-state index contributed by atoms with van der Waals surface area (Å²) in [4.78, 5) is 20.6. The average molecular weight is 694 g/mol. The van der Waals surface area contributed by atoms with Gasteiger partial charge in [0.15, 0.2) is 6.10 Å². The van der Waals surface area contributed by atoms with Crippen molar-refractivity contribution in [2.24, 2.45) is 0 Å². The lowest BCUT2D eigenvalue weighted by atomic mass is 9.49. The van der Waals surface area contributed by atoms with Crippen LogP contribution in [-0.4, -0.2) is 87.0 Å². The first-order valence-corrected chi connectivity index (χ1v) is 18.5. The molecule has 0 aliphatic carbocycles. The molecule has 0 spiro atoms. The number of aliphatic carboxylic acids is 1. The number of nitrogens with zero attached hydrogens (tertiary/aromatic N) is 3. The fourth-order valence-electron chi connectivity index (χ4n) is 7.44. The number of carbonyl (C=O) groups is 1. The highest BCUT2D eigenvalue weighted by Crippen LogP contribution is 2.45. The molecular formula is C37H43B3ClN3O4S. The molecule has 252 valence electrons. The van der Waals surface area contributed by atoms with Gasteiger partial charge in [-0.1, -0.05) is 23.7 Å². The maximum Gasteiger partial charge on any atom is 0.337 e. The van der Waals surface area contributed by atoms with Gasteiger partial charge in [0.25, 0.3) is 0 Å². The Balaban J connectivity index is 1.36. The topological polar surface area (TPSA) is 76.8 Å². The molecule has 3 aromatic carbocycles. The van der Waals surface area contributed by atoms with Crippen LogP contribution in [0, 0.1) is 6.92 Å². The fraction of sp³-hybridized carbons (Fsp3) is 0.405. The second-order valence-corrected chi connectivity index (χ2v) is 17.1. The van der Waals surface area contributed by atoms with Gasteiger partial charge < -0.3 is 19.1 Å². The van der Waals surface area contributed by atoms with Crippen molar-refractivity contribution in [3.63, 3.8) is 0 Å². The van der Waals surface area contributed by atoms with Crippen LogP contribution in [0.3, 0.4) is 0 Å². The summed E-state index contributed by atoms with van der Waals surface area (Å²) in [7, 11) is 6.80. The van der Waals surface area contributed by atoms with Gasteiger partial charge in [0.05, 0.1) is 35.1 Å². The lowest BCUT2D eigenvalue weighted by Crippen LogP contribution is -2.51. The summed E-state index contributed by atoms with van der Waals surface area (Å²) in [6.07, 6.45) is 3.52. The summed E-state index contributed by atoms with van der Waals surface area (Å²) in [6, 6.07) is 16.9. The highest BCUT2D eigenvalue weighted by atomic mass is 35.5. The Morgan fingerprint density at radius 3 is 2.33 bits per heavy atom. The van der Waals surface area contributed by atoms with E-state index in [1.165, 1.54) is 16.5 Å². The Bertz CT molecular complexity index is 2040. The van der Waals surface area contributed by atoms with Crippen LogP contribution in [0.25, 0.3) is 42.8 Å². The third kappa shape index (κ3) is 6.73. The predicted octanol–water partition coefficient (Wildman–Crippen LogP) is 5.53. The third-order valence-electron chi connectivity index (χ3n) is 9.93. The van der Waals surface area contributed by atoms with Crippen LogP contribution in [0.5, 0.6) is 0 Å². The first-order chi connectivity index (χ1) is 23.2. The van der Waals surface area contributed by atoms with E-state index < -0.39 is 17.7 Å². The number of ether oxygens (including phenoxy) is 2. The number of thiazole rings is 1. The van der Waals surface area contributed by atoms with E-state index in [1.807, 2.05) is 58.0 Å². The van der Waals surface area contributed by atoms with Gasteiger partial charge in [-0.25, -0.2) is 9.78 Å². The van der Waals surface area contributed by atoms with Gasteiger partial charge in [0.2, 0.25) is 0 Å². The van der Waals surface area contributed by atoms with Crippen LogP contribution in [0.4, 0.5) is 0 Å². The summed E-state index contributed by atoms with van der Waals surface area (Å²) in [5.41, 5.74) is 7.08. The molecule has 0 radical (unpaired) electrons. The molecule has 2 aromatic heterocycles. The van der Waals surface area contributed by atoms with E-state index in [2.05, 4.69) is 57.4 Å². The quantitative estimate of drug-likeness (QED) is 0.216. The van der Waals surface area contributed by atoms with Crippen LogP contribution in [-0.2, 0) is 19.5 Å². The van der Waals surface area contributed by atoms with Crippen molar-refractivity contribution in [1.82, 2.24) is 14.5 Å². The molecule has 0 unspecified atom stereocenters. The number of fused-ring (bicyclic) bond motifs is 2. The summed E-state index contributed by atoms with van der Waals surface area (Å²) < 4.78 is 15.1. The molecule has 0 bridgehead atoms. The van der Waals surface area contributed by atoms with Gasteiger partial charge in [-0.2, -0.15) is 0 Å². The number of likely N-dealkylation sites (tertiary alicyclic amines) is 1. The third-order valence-corrected chi connectivity index (χ3v) is 11.3. The standard InChI is InChI=1S/C37H43B3ClN3O4S/c1-20-15-28-33(31(22-5-8-24(41)9-6-22)30(20)32(35(45)46)48-36(2,3)4)49-34(42-28)23-7-10-29-26(16-23)27(17-44(29)37(38,39)40)21-11-13-43(14-12-21)25-18-47-19-25/h5-10,15-17,21,25,32H,11-14,18-19,38-40H2,1-4H3,(H,45,46)/t32-/m0/s1. The molecule has 4 heterocycles. The molecule has 7 rings (SSSR count). The van der Waals surface area contributed by atoms with Crippen LogP contribution in [0.2, 0.25) is 5.02 Å². The van der Waals surface area contributed by atoms with Crippen molar-refractivity contribution in [2.75, 3.05) is 26.3 Å². The molecule has 2 aliphatic rings. The number of hydrogen-bond donors (Lipinski definition) is 1. The van der Waals surface area contributed by atoms with Gasteiger partial charge in [0.1, 0.15) is 28.5 Å². The number of rotatable bonds is 8. The Kier molecular flexibility index (Phi) is 9.06. The van der Waals surface area contributed by atoms with Crippen molar-refractivity contribution in [1.29, 1.82) is 0 Å². The van der Waals surface area contributed by atoms with Crippen molar-refractivity contribution in [3.05, 3.63) is 76.4 Å². The number of carboxylic acid groups (broad SMARTS) is 1. The highest BCUT2D eigenvalue weighted by molar-refractivity contribution is 7.22. The first-order valence-electron chi connectivity index (χ1n) is 17.3. The number of carboxylic acids is 1. The van der Waals surface area contributed by atoms with Crippen LogP contribution in [0.15, 0.2) is 54.7 Å². The maximum absolute atomic E-state index is 12.8. The summed E-state index contributed by atoms with van der Waals surface area (Å²) >= 11 is 7.91. The van der Waals surface area contributed by atoms with Crippen molar-refractivity contribution in [2.45, 2.75) is 69.4 Å². The van der Waals surface area contributed by atoms with Crippen molar-refractivity contribution in [3.8, 4) is 21.7 Å². The number of halogens is 1. The number of aromatic nitrogens is 2. The number of piperidine rings is 1. The number of benzene rings is 3. The molecule has 0 amide bonds. The summed E-state index contributed by atoms with van der Waals surface area (Å²) in [6.45, 7) is 11.5. The fourth-order valence-corrected chi connectivity index (χ4v) is 8.69. The zero-order valence-corrected chi connectivity index (χ0v) is 31.0. The molecule has 2 fully saturated rings. The van der Waals surface area contributed by atoms with Crippen molar-refractivity contribution >= 4 is 73.6 Å². The normalized spacial score (nSPS) is 17.5. The SMILES string of the molecule is BC(B)(B)n1cc(C2CCN(C3COC3)CC2)c2cc(-c3nc4cc(C)c([C@H](OC(C)(C)C)C(=O)O)c(-c5ccc(Cl)cc5)c4s3)ccc21. The van der Waals surface area contributed by atoms with Gasteiger partial charge in [-0.05, 0) is 118 Å². The summed E-state index contributed by atoms with van der Waals surface area (Å²) in [5, 5.41) is 13.2. The second kappa shape index (κ2) is 12.9. The average Bonchev–Trinajstić information content (AvgIpc) is 3.60. The van der Waals surface area contributed by atoms with E-state index in [0.717, 1.165) is 76.6 Å². The molecule has 1 N–H and O–H groups in total. The molecule has 2 saturated heterocycles. The van der Waals surface area contributed by atoms with Gasteiger partial charge in [0, 0.05) is 38.8 Å². The molecule has 7 nitrogen and oxygen atoms in total. The molecule has 0 saturated carbocycles. The van der Waals surface area contributed by atoms with Gasteiger partial charge in [-0.3, -0.25) is 4.90 Å². The van der Waals surface area contributed by atoms with E-state index >= 15 is 0 Å². The molecule has 12 heteroatoms. The lowest BCUT2D eigenvalue weighted by molar-refractivity contribution is -0.160. The van der Waals surface area contributed by atoms with E-state index in [0.29, 0.717) is 22.5 Å². The van der Waals surface area contributed by atoms with E-state index in [1.54, 1.807) is 11.3 Å². The largest absolute Gasteiger partial charge is 0.479 e. The predicted molar refractivity (Wildman–Crippen MR) is 209 cm³/mol. The maximum atomic E-state index is 12.8. The second-order valence-electron chi connectivity index (χ2n) is 15.7. The minimum Gasteiger partial charge on any atom is -0.479 e. The zero-order valence-electron chi connectivity index (χ0n) is 29.5.